The van der Waals surface area contributed by atoms with Crippen LogP contribution in [0.3, 0.4) is 0 Å². The van der Waals surface area contributed by atoms with Crippen molar-refractivity contribution in [3.63, 3.8) is 0 Å². The Kier molecular flexibility index (Phi) is 7.54. The first-order chi connectivity index (χ1) is 10.0. The lowest BCUT2D eigenvalue weighted by Gasteiger charge is -2.22. The first-order valence-corrected chi connectivity index (χ1v) is 7.70. The van der Waals surface area contributed by atoms with Crippen molar-refractivity contribution in [2.75, 3.05) is 13.7 Å². The van der Waals surface area contributed by atoms with E-state index in [9.17, 15) is 10.2 Å². The van der Waals surface area contributed by atoms with Crippen molar-refractivity contribution in [3.8, 4) is 11.5 Å². The third kappa shape index (κ3) is 5.21. The van der Waals surface area contributed by atoms with E-state index in [4.69, 9.17) is 9.47 Å². The van der Waals surface area contributed by atoms with Gasteiger partial charge >= 0.3 is 0 Å². The predicted molar refractivity (Wildman–Crippen MR) is 84.1 cm³/mol. The third-order valence-electron chi connectivity index (χ3n) is 3.70. The largest absolute Gasteiger partial charge is 0.493 e. The van der Waals surface area contributed by atoms with Crippen molar-refractivity contribution in [1.29, 1.82) is 0 Å². The fraction of sp³-hybridized carbons (Fsp3) is 0.647. The maximum absolute atomic E-state index is 9.88. The molecule has 4 nitrogen and oxygen atoms in total. The minimum atomic E-state index is -0.715. The highest BCUT2D eigenvalue weighted by Crippen LogP contribution is 2.34. The van der Waals surface area contributed by atoms with Crippen LogP contribution >= 0.6 is 0 Å². The van der Waals surface area contributed by atoms with Crippen LogP contribution in [0.5, 0.6) is 11.5 Å². The molecular formula is C17H28O4. The maximum Gasteiger partial charge on any atom is 0.161 e. The molecule has 0 radical (unpaired) electrons. The van der Waals surface area contributed by atoms with Crippen LogP contribution in [0.4, 0.5) is 0 Å². The number of benzene rings is 1. The second kappa shape index (κ2) is 8.90. The Morgan fingerprint density at radius 2 is 1.86 bits per heavy atom. The average molecular weight is 296 g/mol. The number of ether oxygens (including phenoxy) is 2. The molecule has 0 amide bonds. The highest BCUT2D eigenvalue weighted by Gasteiger charge is 2.19. The van der Waals surface area contributed by atoms with Crippen molar-refractivity contribution in [2.45, 2.75) is 58.2 Å². The van der Waals surface area contributed by atoms with E-state index in [1.165, 1.54) is 0 Å². The molecule has 0 aliphatic heterocycles. The van der Waals surface area contributed by atoms with E-state index in [2.05, 4.69) is 13.8 Å². The molecule has 1 rings (SSSR count). The van der Waals surface area contributed by atoms with Crippen LogP contribution < -0.4 is 9.47 Å². The molecule has 0 fully saturated rings. The molecule has 2 N–H and O–H groups in total. The summed E-state index contributed by atoms with van der Waals surface area (Å²) in [7, 11) is 1.63. The molecule has 3 atom stereocenters. The molecule has 0 spiro atoms. The molecule has 0 aliphatic rings. The average Bonchev–Trinajstić information content (AvgIpc) is 2.49. The number of hydrogen-bond donors (Lipinski definition) is 2. The molecule has 1 aromatic rings. The van der Waals surface area contributed by atoms with Gasteiger partial charge in [0.15, 0.2) is 11.5 Å². The maximum atomic E-state index is 9.88. The molecular weight excluding hydrogens is 268 g/mol. The third-order valence-corrected chi connectivity index (χ3v) is 3.70. The lowest BCUT2D eigenvalue weighted by atomic mass is 9.89. The molecule has 0 saturated carbocycles. The van der Waals surface area contributed by atoms with Crippen molar-refractivity contribution in [2.24, 2.45) is 0 Å². The standard InChI is InChI=1S/C17H28O4/c1-5-9-21-16-8-7-14(11-17(16)20-4)13(6-2)10-15(19)12(3)18/h7-8,11-13,15,18-19H,5-6,9-10H2,1-4H3. The molecule has 4 heteroatoms. The second-order valence-corrected chi connectivity index (χ2v) is 5.41. The molecule has 0 bridgehead atoms. The summed E-state index contributed by atoms with van der Waals surface area (Å²) >= 11 is 0. The SMILES string of the molecule is CCCOc1ccc(C(CC)CC(O)C(C)O)cc1OC. The van der Waals surface area contributed by atoms with Crippen LogP contribution in [0.15, 0.2) is 18.2 Å². The predicted octanol–water partition coefficient (Wildman–Crippen LogP) is 3.11. The Hall–Kier alpha value is -1.26. The summed E-state index contributed by atoms with van der Waals surface area (Å²) < 4.78 is 11.0. The summed E-state index contributed by atoms with van der Waals surface area (Å²) in [6.45, 7) is 6.41. The van der Waals surface area contributed by atoms with Gasteiger partial charge in [-0.25, -0.2) is 0 Å². The molecule has 120 valence electrons. The second-order valence-electron chi connectivity index (χ2n) is 5.41. The van der Waals surface area contributed by atoms with Gasteiger partial charge in [-0.2, -0.15) is 0 Å². The van der Waals surface area contributed by atoms with Gasteiger partial charge in [-0.3, -0.25) is 0 Å². The van der Waals surface area contributed by atoms with Crippen molar-refractivity contribution in [3.05, 3.63) is 23.8 Å². The highest BCUT2D eigenvalue weighted by molar-refractivity contribution is 5.44. The van der Waals surface area contributed by atoms with Crippen LogP contribution in [-0.2, 0) is 0 Å². The van der Waals surface area contributed by atoms with E-state index in [1.807, 2.05) is 18.2 Å². The lowest BCUT2D eigenvalue weighted by molar-refractivity contribution is 0.0215. The van der Waals surface area contributed by atoms with Crippen LogP contribution in [0, 0.1) is 0 Å². The molecule has 0 heterocycles. The van der Waals surface area contributed by atoms with E-state index in [0.29, 0.717) is 18.8 Å². The number of aliphatic hydroxyl groups is 2. The Bertz CT molecular complexity index is 417. The number of methoxy groups -OCH3 is 1. The number of aliphatic hydroxyl groups excluding tert-OH is 2. The topological polar surface area (TPSA) is 58.9 Å². The Balaban J connectivity index is 2.89. The summed E-state index contributed by atoms with van der Waals surface area (Å²) in [5.41, 5.74) is 1.10. The quantitative estimate of drug-likeness (QED) is 0.735. The van der Waals surface area contributed by atoms with Gasteiger partial charge in [0, 0.05) is 0 Å². The van der Waals surface area contributed by atoms with Crippen molar-refractivity contribution in [1.82, 2.24) is 0 Å². The normalized spacial score (nSPS) is 15.3. The Labute approximate surface area is 127 Å². The zero-order chi connectivity index (χ0) is 15.8. The summed E-state index contributed by atoms with van der Waals surface area (Å²) in [4.78, 5) is 0. The zero-order valence-electron chi connectivity index (χ0n) is 13.5. The van der Waals surface area contributed by atoms with Gasteiger partial charge in [0.2, 0.25) is 0 Å². The minimum Gasteiger partial charge on any atom is -0.493 e. The monoisotopic (exact) mass is 296 g/mol. The van der Waals surface area contributed by atoms with Gasteiger partial charge in [0.25, 0.3) is 0 Å². The fourth-order valence-corrected chi connectivity index (χ4v) is 2.30. The number of hydrogen-bond acceptors (Lipinski definition) is 4. The summed E-state index contributed by atoms with van der Waals surface area (Å²) in [6.07, 6.45) is 0.947. The summed E-state index contributed by atoms with van der Waals surface area (Å²) in [5, 5.41) is 19.3. The summed E-state index contributed by atoms with van der Waals surface area (Å²) in [5.74, 6) is 1.64. The van der Waals surface area contributed by atoms with Crippen LogP contribution in [0.2, 0.25) is 0 Å². The lowest BCUT2D eigenvalue weighted by Crippen LogP contribution is -2.24. The fourth-order valence-electron chi connectivity index (χ4n) is 2.30. The molecule has 3 unspecified atom stereocenters. The summed E-state index contributed by atoms with van der Waals surface area (Å²) in [6, 6.07) is 5.89. The van der Waals surface area contributed by atoms with Gasteiger partial charge < -0.3 is 19.7 Å². The minimum absolute atomic E-state index is 0.184. The van der Waals surface area contributed by atoms with Gasteiger partial charge in [-0.15, -0.1) is 0 Å². The van der Waals surface area contributed by atoms with Gasteiger partial charge in [-0.1, -0.05) is 19.9 Å². The molecule has 0 aromatic heterocycles. The van der Waals surface area contributed by atoms with E-state index in [-0.39, 0.29) is 5.92 Å². The van der Waals surface area contributed by atoms with Gasteiger partial charge in [0.1, 0.15) is 0 Å². The first kappa shape index (κ1) is 17.8. The van der Waals surface area contributed by atoms with Gasteiger partial charge in [0.05, 0.1) is 25.9 Å². The zero-order valence-corrected chi connectivity index (χ0v) is 13.5. The molecule has 21 heavy (non-hydrogen) atoms. The molecule has 1 aromatic carbocycles. The van der Waals surface area contributed by atoms with E-state index >= 15 is 0 Å². The van der Waals surface area contributed by atoms with Crippen LogP contribution in [0.25, 0.3) is 0 Å². The Morgan fingerprint density at radius 3 is 2.38 bits per heavy atom. The van der Waals surface area contributed by atoms with Crippen LogP contribution in [-0.4, -0.2) is 36.1 Å². The molecule has 0 aliphatic carbocycles. The van der Waals surface area contributed by atoms with Gasteiger partial charge in [-0.05, 0) is 49.8 Å². The smallest absolute Gasteiger partial charge is 0.161 e. The van der Waals surface area contributed by atoms with E-state index < -0.39 is 12.2 Å². The highest BCUT2D eigenvalue weighted by atomic mass is 16.5. The van der Waals surface area contributed by atoms with E-state index in [1.54, 1.807) is 14.0 Å². The number of rotatable bonds is 9. The molecule has 0 saturated heterocycles. The first-order valence-electron chi connectivity index (χ1n) is 7.70. The van der Waals surface area contributed by atoms with Crippen molar-refractivity contribution < 1.29 is 19.7 Å². The Morgan fingerprint density at radius 1 is 1.14 bits per heavy atom. The van der Waals surface area contributed by atoms with Crippen molar-refractivity contribution >= 4 is 0 Å². The van der Waals surface area contributed by atoms with E-state index in [0.717, 1.165) is 24.2 Å². The van der Waals surface area contributed by atoms with Crippen LogP contribution in [0.1, 0.15) is 51.5 Å².